The van der Waals surface area contributed by atoms with Gasteiger partial charge in [-0.2, -0.15) is 0 Å². The number of carbonyl (C=O) groups excluding carboxylic acids is 2. The predicted molar refractivity (Wildman–Crippen MR) is 75.9 cm³/mol. The lowest BCUT2D eigenvalue weighted by atomic mass is 10.2. The fraction of sp³-hybridized carbons (Fsp3) is 0.231. The van der Waals surface area contributed by atoms with E-state index in [0.717, 1.165) is 30.2 Å². The molecule has 0 spiro atoms. The first kappa shape index (κ1) is 12.7. The Morgan fingerprint density at radius 3 is 2.70 bits per heavy atom. The van der Waals surface area contributed by atoms with E-state index in [2.05, 4.69) is 14.9 Å². The molecule has 0 radical (unpaired) electrons. The van der Waals surface area contributed by atoms with Crippen LogP contribution in [0.2, 0.25) is 0 Å². The van der Waals surface area contributed by atoms with Crippen molar-refractivity contribution < 1.29 is 9.59 Å². The molecule has 2 heterocycles. The lowest BCUT2D eigenvalue weighted by Gasteiger charge is -2.15. The van der Waals surface area contributed by atoms with Crippen LogP contribution < -0.4 is 10.2 Å². The Balaban J connectivity index is 1.70. The number of hydrogen-bond donors (Lipinski definition) is 1. The molecule has 0 atom stereocenters. The van der Waals surface area contributed by atoms with Crippen molar-refractivity contribution in [2.24, 2.45) is 0 Å². The summed E-state index contributed by atoms with van der Waals surface area (Å²) in [5.74, 6) is -0.0810. The highest BCUT2D eigenvalue weighted by atomic mass is 32.1. The number of aromatic nitrogens is 2. The number of nitrogens with one attached hydrogen (secondary N) is 1. The maximum Gasteiger partial charge on any atom is 0.269 e. The molecule has 2 amide bonds. The fourth-order valence-electron chi connectivity index (χ4n) is 2.11. The number of anilines is 2. The van der Waals surface area contributed by atoms with Crippen molar-refractivity contribution >= 4 is 34.7 Å². The van der Waals surface area contributed by atoms with Gasteiger partial charge in [0.2, 0.25) is 5.91 Å². The molecule has 0 aliphatic carbocycles. The molecule has 102 valence electrons. The van der Waals surface area contributed by atoms with Crippen LogP contribution in [0.25, 0.3) is 0 Å². The summed E-state index contributed by atoms with van der Waals surface area (Å²) >= 11 is 1.05. The van der Waals surface area contributed by atoms with Gasteiger partial charge in [0, 0.05) is 24.3 Å². The molecule has 20 heavy (non-hydrogen) atoms. The molecule has 6 nitrogen and oxygen atoms in total. The van der Waals surface area contributed by atoms with Crippen LogP contribution in [0.15, 0.2) is 30.5 Å². The normalized spacial score (nSPS) is 14.6. The standard InChI is InChI=1S/C13H12N4O2S/c18-12-2-1-7-17(12)10-5-3-9(4-6-10)15-13(19)11-8-14-16-20-11/h3-6,8H,1-2,7H2,(H,15,19). The molecule has 1 aromatic carbocycles. The summed E-state index contributed by atoms with van der Waals surface area (Å²) in [6.45, 7) is 0.761. The third-order valence-corrected chi connectivity index (χ3v) is 3.76. The third kappa shape index (κ3) is 2.53. The summed E-state index contributed by atoms with van der Waals surface area (Å²) in [6.07, 6.45) is 2.93. The Morgan fingerprint density at radius 2 is 2.10 bits per heavy atom. The van der Waals surface area contributed by atoms with Gasteiger partial charge >= 0.3 is 0 Å². The molecule has 0 unspecified atom stereocenters. The van der Waals surface area contributed by atoms with Crippen LogP contribution in [0.1, 0.15) is 22.5 Å². The van der Waals surface area contributed by atoms with Crippen molar-refractivity contribution in [2.45, 2.75) is 12.8 Å². The fourth-order valence-corrected chi connectivity index (χ4v) is 2.52. The van der Waals surface area contributed by atoms with Gasteiger partial charge in [-0.05, 0) is 42.2 Å². The Morgan fingerprint density at radius 1 is 1.30 bits per heavy atom. The summed E-state index contributed by atoms with van der Waals surface area (Å²) in [7, 11) is 0. The molecule has 0 saturated carbocycles. The van der Waals surface area contributed by atoms with Crippen LogP contribution in [-0.4, -0.2) is 27.9 Å². The van der Waals surface area contributed by atoms with Gasteiger partial charge in [0.1, 0.15) is 4.88 Å². The van der Waals surface area contributed by atoms with Gasteiger partial charge in [-0.3, -0.25) is 9.59 Å². The van der Waals surface area contributed by atoms with Gasteiger partial charge in [0.15, 0.2) is 0 Å². The van der Waals surface area contributed by atoms with E-state index in [9.17, 15) is 9.59 Å². The molecular weight excluding hydrogens is 276 g/mol. The topological polar surface area (TPSA) is 75.2 Å². The Bertz CT molecular complexity index is 624. The van der Waals surface area contributed by atoms with E-state index in [4.69, 9.17) is 0 Å². The van der Waals surface area contributed by atoms with E-state index < -0.39 is 0 Å². The Hall–Kier alpha value is -2.28. The molecule has 1 aliphatic heterocycles. The number of hydrogen-bond acceptors (Lipinski definition) is 5. The van der Waals surface area contributed by atoms with Crippen molar-refractivity contribution in [2.75, 3.05) is 16.8 Å². The van der Waals surface area contributed by atoms with Gasteiger partial charge in [-0.25, -0.2) is 0 Å². The van der Waals surface area contributed by atoms with Gasteiger partial charge in [0.05, 0.1) is 6.20 Å². The average molecular weight is 288 g/mol. The number of nitrogens with zero attached hydrogens (tertiary/aromatic N) is 3. The van der Waals surface area contributed by atoms with Crippen molar-refractivity contribution in [1.82, 2.24) is 9.59 Å². The molecular formula is C13H12N4O2S. The minimum absolute atomic E-state index is 0.150. The van der Waals surface area contributed by atoms with Gasteiger partial charge in [0.25, 0.3) is 5.91 Å². The van der Waals surface area contributed by atoms with Crippen molar-refractivity contribution in [3.8, 4) is 0 Å². The second kappa shape index (κ2) is 5.38. The van der Waals surface area contributed by atoms with Crippen molar-refractivity contribution in [3.63, 3.8) is 0 Å². The van der Waals surface area contributed by atoms with Crippen LogP contribution in [0, 0.1) is 0 Å². The maximum absolute atomic E-state index is 11.8. The smallest absolute Gasteiger partial charge is 0.269 e. The Kier molecular flexibility index (Phi) is 3.42. The van der Waals surface area contributed by atoms with Crippen LogP contribution >= 0.6 is 11.5 Å². The second-order valence-corrected chi connectivity index (χ2v) is 5.22. The van der Waals surface area contributed by atoms with Crippen LogP contribution in [0.3, 0.4) is 0 Å². The highest BCUT2D eigenvalue weighted by Crippen LogP contribution is 2.23. The number of carbonyl (C=O) groups is 2. The maximum atomic E-state index is 11.8. The predicted octanol–water partition coefficient (Wildman–Crippen LogP) is 1.92. The minimum Gasteiger partial charge on any atom is -0.321 e. The van der Waals surface area contributed by atoms with E-state index >= 15 is 0 Å². The molecule has 1 aromatic heterocycles. The quantitative estimate of drug-likeness (QED) is 0.936. The first-order valence-electron chi connectivity index (χ1n) is 6.23. The monoisotopic (exact) mass is 288 g/mol. The van der Waals surface area contributed by atoms with E-state index in [1.54, 1.807) is 17.0 Å². The number of rotatable bonds is 3. The largest absolute Gasteiger partial charge is 0.321 e. The average Bonchev–Trinajstić information content (AvgIpc) is 3.11. The van der Waals surface area contributed by atoms with E-state index in [1.165, 1.54) is 6.20 Å². The third-order valence-electron chi connectivity index (χ3n) is 3.10. The summed E-state index contributed by atoms with van der Waals surface area (Å²) in [5, 5.41) is 6.38. The lowest BCUT2D eigenvalue weighted by molar-refractivity contribution is -0.117. The number of amides is 2. The van der Waals surface area contributed by atoms with E-state index in [-0.39, 0.29) is 11.8 Å². The van der Waals surface area contributed by atoms with Crippen LogP contribution in [0.4, 0.5) is 11.4 Å². The molecule has 3 rings (SSSR count). The first-order chi connectivity index (χ1) is 9.74. The summed E-state index contributed by atoms with van der Waals surface area (Å²) in [5.41, 5.74) is 1.55. The van der Waals surface area contributed by atoms with Gasteiger partial charge in [-0.15, -0.1) is 5.10 Å². The van der Waals surface area contributed by atoms with Crippen LogP contribution in [0.5, 0.6) is 0 Å². The second-order valence-electron chi connectivity index (χ2n) is 4.43. The van der Waals surface area contributed by atoms with Gasteiger partial charge in [-0.1, -0.05) is 4.49 Å². The molecule has 7 heteroatoms. The molecule has 0 bridgehead atoms. The highest BCUT2D eigenvalue weighted by Gasteiger charge is 2.21. The molecule has 1 saturated heterocycles. The Labute approximate surface area is 119 Å². The molecule has 1 N–H and O–H groups in total. The van der Waals surface area contributed by atoms with E-state index in [1.807, 2.05) is 12.1 Å². The van der Waals surface area contributed by atoms with Crippen molar-refractivity contribution in [1.29, 1.82) is 0 Å². The zero-order chi connectivity index (χ0) is 13.9. The van der Waals surface area contributed by atoms with Gasteiger partial charge < -0.3 is 10.2 Å². The molecule has 2 aromatic rings. The summed E-state index contributed by atoms with van der Waals surface area (Å²) < 4.78 is 3.65. The zero-order valence-corrected chi connectivity index (χ0v) is 11.4. The highest BCUT2D eigenvalue weighted by molar-refractivity contribution is 7.07. The first-order valence-corrected chi connectivity index (χ1v) is 7.00. The van der Waals surface area contributed by atoms with E-state index in [0.29, 0.717) is 17.0 Å². The molecule has 1 aliphatic rings. The summed E-state index contributed by atoms with van der Waals surface area (Å²) in [6, 6.07) is 7.24. The molecule has 1 fully saturated rings. The number of benzene rings is 1. The summed E-state index contributed by atoms with van der Waals surface area (Å²) in [4.78, 5) is 25.7. The van der Waals surface area contributed by atoms with Crippen LogP contribution in [-0.2, 0) is 4.79 Å². The zero-order valence-electron chi connectivity index (χ0n) is 10.6. The minimum atomic E-state index is -0.231. The van der Waals surface area contributed by atoms with Crippen molar-refractivity contribution in [3.05, 3.63) is 35.3 Å². The lowest BCUT2D eigenvalue weighted by Crippen LogP contribution is -2.23. The SMILES string of the molecule is O=C(Nc1ccc(N2CCCC2=O)cc1)c1cnns1.